The number of rotatable bonds is 4. The van der Waals surface area contributed by atoms with Crippen LogP contribution in [0.15, 0.2) is 48.5 Å². The zero-order valence-electron chi connectivity index (χ0n) is 15.7. The van der Waals surface area contributed by atoms with Crippen LogP contribution in [0, 0.1) is 6.92 Å². The van der Waals surface area contributed by atoms with E-state index in [1.165, 1.54) is 16.8 Å². The van der Waals surface area contributed by atoms with Crippen LogP contribution in [0.25, 0.3) is 11.3 Å². The van der Waals surface area contributed by atoms with E-state index in [1.54, 1.807) is 6.92 Å². The third-order valence-electron chi connectivity index (χ3n) is 4.96. The molecule has 5 nitrogen and oxygen atoms in total. The van der Waals surface area contributed by atoms with Gasteiger partial charge in [-0.15, -0.1) is 0 Å². The lowest BCUT2D eigenvalue weighted by molar-refractivity contribution is -0.114. The van der Waals surface area contributed by atoms with Crippen molar-refractivity contribution in [3.05, 3.63) is 65.4 Å². The largest absolute Gasteiger partial charge is 0.367 e. The minimum atomic E-state index is -0.0323. The first-order valence-electron chi connectivity index (χ1n) is 9.35. The Labute approximate surface area is 159 Å². The average Bonchev–Trinajstić information content (AvgIpc) is 3.08. The van der Waals surface area contributed by atoms with E-state index in [0.29, 0.717) is 0 Å². The highest BCUT2D eigenvalue weighted by Gasteiger charge is 2.17. The number of nitrogens with zero attached hydrogens (tertiary/aromatic N) is 2. The summed E-state index contributed by atoms with van der Waals surface area (Å²) < 4.78 is 0. The Morgan fingerprint density at radius 1 is 1.19 bits per heavy atom. The zero-order chi connectivity index (χ0) is 18.8. The number of hydrogen-bond acceptors (Lipinski definition) is 3. The fourth-order valence-electron chi connectivity index (χ4n) is 3.70. The normalized spacial score (nSPS) is 13.3. The molecule has 4 rings (SSSR count). The Kier molecular flexibility index (Phi) is 4.67. The smallest absolute Gasteiger partial charge is 0.221 e. The lowest BCUT2D eigenvalue weighted by atomic mass is 10.00. The molecular weight excluding hydrogens is 336 g/mol. The number of nitrogens with one attached hydrogen (secondary N) is 2. The summed E-state index contributed by atoms with van der Waals surface area (Å²) in [5.74, 6) is -0.0323. The van der Waals surface area contributed by atoms with Crippen LogP contribution in [0.2, 0.25) is 0 Å². The van der Waals surface area contributed by atoms with Crippen LogP contribution < -0.4 is 10.2 Å². The van der Waals surface area contributed by atoms with Crippen LogP contribution in [-0.4, -0.2) is 22.6 Å². The van der Waals surface area contributed by atoms with Crippen molar-refractivity contribution in [2.45, 2.75) is 33.2 Å². The fraction of sp³-hybridized carbons (Fsp3) is 0.273. The van der Waals surface area contributed by atoms with E-state index in [4.69, 9.17) is 0 Å². The molecule has 0 aliphatic carbocycles. The summed E-state index contributed by atoms with van der Waals surface area (Å²) >= 11 is 0. The number of amides is 1. The van der Waals surface area contributed by atoms with E-state index in [0.717, 1.165) is 48.6 Å². The summed E-state index contributed by atoms with van der Waals surface area (Å²) in [4.78, 5) is 13.7. The molecule has 1 aliphatic rings. The molecule has 0 spiro atoms. The SMILES string of the molecule is CC(=O)Nc1ccc2c(c1)CCCN2Cc1ccc(-c2cc(C)n[nH]2)cc1. The lowest BCUT2D eigenvalue weighted by Crippen LogP contribution is -2.28. The molecule has 0 unspecified atom stereocenters. The molecule has 0 radical (unpaired) electrons. The molecule has 5 heteroatoms. The molecule has 3 aromatic rings. The first kappa shape index (κ1) is 17.3. The minimum Gasteiger partial charge on any atom is -0.367 e. The van der Waals surface area contributed by atoms with Crippen LogP contribution in [-0.2, 0) is 17.8 Å². The Morgan fingerprint density at radius 2 is 2.00 bits per heavy atom. The van der Waals surface area contributed by atoms with Gasteiger partial charge in [0.05, 0.1) is 11.4 Å². The maximum Gasteiger partial charge on any atom is 0.221 e. The Bertz CT molecular complexity index is 959. The molecule has 2 N–H and O–H groups in total. The van der Waals surface area contributed by atoms with Crippen molar-refractivity contribution in [3.63, 3.8) is 0 Å². The van der Waals surface area contributed by atoms with E-state index >= 15 is 0 Å². The second-order valence-electron chi connectivity index (χ2n) is 7.17. The van der Waals surface area contributed by atoms with Gasteiger partial charge in [-0.25, -0.2) is 0 Å². The van der Waals surface area contributed by atoms with Crippen molar-refractivity contribution in [3.8, 4) is 11.3 Å². The Hall–Kier alpha value is -3.08. The molecule has 0 atom stereocenters. The maximum absolute atomic E-state index is 11.3. The van der Waals surface area contributed by atoms with Gasteiger partial charge in [-0.05, 0) is 60.7 Å². The van der Waals surface area contributed by atoms with Gasteiger partial charge < -0.3 is 10.2 Å². The second kappa shape index (κ2) is 7.27. The molecule has 0 bridgehead atoms. The lowest BCUT2D eigenvalue weighted by Gasteiger charge is -2.32. The number of aromatic nitrogens is 2. The molecule has 0 saturated carbocycles. The molecule has 1 aliphatic heterocycles. The summed E-state index contributed by atoms with van der Waals surface area (Å²) in [6, 6.07) is 16.9. The van der Waals surface area contributed by atoms with Gasteiger partial charge in [0.1, 0.15) is 0 Å². The molecule has 1 aromatic heterocycles. The van der Waals surface area contributed by atoms with E-state index in [9.17, 15) is 4.79 Å². The average molecular weight is 360 g/mol. The highest BCUT2D eigenvalue weighted by atomic mass is 16.1. The van der Waals surface area contributed by atoms with Crippen LogP contribution in [0.3, 0.4) is 0 Å². The first-order valence-corrected chi connectivity index (χ1v) is 9.35. The molecule has 138 valence electrons. The molecule has 2 heterocycles. The van der Waals surface area contributed by atoms with Crippen LogP contribution >= 0.6 is 0 Å². The van der Waals surface area contributed by atoms with Gasteiger partial charge in [0.2, 0.25) is 5.91 Å². The molecule has 27 heavy (non-hydrogen) atoms. The molecule has 0 fully saturated rings. The van der Waals surface area contributed by atoms with Crippen LogP contribution in [0.4, 0.5) is 11.4 Å². The van der Waals surface area contributed by atoms with Crippen LogP contribution in [0.1, 0.15) is 30.2 Å². The summed E-state index contributed by atoms with van der Waals surface area (Å²) in [6.45, 7) is 5.46. The van der Waals surface area contributed by atoms with Crippen molar-refractivity contribution in [2.75, 3.05) is 16.8 Å². The predicted octanol–water partition coefficient (Wildman–Crippen LogP) is 4.30. The number of fused-ring (bicyclic) bond motifs is 1. The summed E-state index contributed by atoms with van der Waals surface area (Å²) in [5, 5.41) is 10.1. The topological polar surface area (TPSA) is 61.0 Å². The number of benzene rings is 2. The Morgan fingerprint density at radius 3 is 2.70 bits per heavy atom. The van der Waals surface area contributed by atoms with Crippen molar-refractivity contribution in [2.24, 2.45) is 0 Å². The minimum absolute atomic E-state index is 0.0323. The van der Waals surface area contributed by atoms with Gasteiger partial charge in [-0.3, -0.25) is 9.89 Å². The monoisotopic (exact) mass is 360 g/mol. The van der Waals surface area contributed by atoms with E-state index in [1.807, 2.05) is 13.0 Å². The predicted molar refractivity (Wildman–Crippen MR) is 109 cm³/mol. The van der Waals surface area contributed by atoms with Gasteiger partial charge in [-0.1, -0.05) is 24.3 Å². The van der Waals surface area contributed by atoms with Crippen LogP contribution in [0.5, 0.6) is 0 Å². The van der Waals surface area contributed by atoms with E-state index < -0.39 is 0 Å². The Balaban J connectivity index is 1.51. The summed E-state index contributed by atoms with van der Waals surface area (Å²) in [7, 11) is 0. The van der Waals surface area contributed by atoms with E-state index in [2.05, 4.69) is 62.9 Å². The maximum atomic E-state index is 11.3. The molecule has 1 amide bonds. The third-order valence-corrected chi connectivity index (χ3v) is 4.96. The van der Waals surface area contributed by atoms with Gasteiger partial charge in [0.25, 0.3) is 0 Å². The third kappa shape index (κ3) is 3.87. The number of aryl methyl sites for hydroxylation is 2. The molecule has 0 saturated heterocycles. The van der Waals surface area contributed by atoms with Crippen molar-refractivity contribution >= 4 is 17.3 Å². The van der Waals surface area contributed by atoms with Crippen molar-refractivity contribution in [1.29, 1.82) is 0 Å². The van der Waals surface area contributed by atoms with Gasteiger partial charge in [0, 0.05) is 31.4 Å². The van der Waals surface area contributed by atoms with Gasteiger partial charge in [0.15, 0.2) is 0 Å². The van der Waals surface area contributed by atoms with E-state index in [-0.39, 0.29) is 5.91 Å². The number of anilines is 2. The van der Waals surface area contributed by atoms with Crippen molar-refractivity contribution < 1.29 is 4.79 Å². The first-order chi connectivity index (χ1) is 13.1. The molecular formula is C22H24N4O. The number of H-pyrrole nitrogens is 1. The van der Waals surface area contributed by atoms with Gasteiger partial charge >= 0.3 is 0 Å². The van der Waals surface area contributed by atoms with Crippen molar-refractivity contribution in [1.82, 2.24) is 10.2 Å². The number of hydrogen-bond donors (Lipinski definition) is 2. The highest BCUT2D eigenvalue weighted by molar-refractivity contribution is 5.89. The highest BCUT2D eigenvalue weighted by Crippen LogP contribution is 2.31. The second-order valence-corrected chi connectivity index (χ2v) is 7.17. The number of aromatic amines is 1. The number of carbonyl (C=O) groups excluding carboxylic acids is 1. The summed E-state index contributed by atoms with van der Waals surface area (Å²) in [5.41, 5.74) is 7.93. The fourth-order valence-corrected chi connectivity index (χ4v) is 3.70. The summed E-state index contributed by atoms with van der Waals surface area (Å²) in [6.07, 6.45) is 2.18. The zero-order valence-corrected chi connectivity index (χ0v) is 15.7. The quantitative estimate of drug-likeness (QED) is 0.729. The number of carbonyl (C=O) groups is 1. The van der Waals surface area contributed by atoms with Gasteiger partial charge in [-0.2, -0.15) is 5.10 Å². The standard InChI is InChI=1S/C22H24N4O/c1-15-12-21(25-24-15)18-7-5-17(6-8-18)14-26-11-3-4-19-13-20(23-16(2)27)9-10-22(19)26/h5-10,12-13H,3-4,11,14H2,1-2H3,(H,23,27)(H,24,25). The molecule has 2 aromatic carbocycles.